The molecule has 1 saturated carbocycles. The van der Waals surface area contributed by atoms with E-state index in [0.29, 0.717) is 24.9 Å². The van der Waals surface area contributed by atoms with E-state index in [0.717, 1.165) is 43.7 Å². The first-order valence-corrected chi connectivity index (χ1v) is 15.1. The number of carbonyl (C=O) groups is 1. The van der Waals surface area contributed by atoms with Crippen LogP contribution in [0.3, 0.4) is 0 Å². The highest BCUT2D eigenvalue weighted by Crippen LogP contribution is 2.62. The fourth-order valence-corrected chi connectivity index (χ4v) is 7.71. The van der Waals surface area contributed by atoms with Crippen LogP contribution < -0.4 is 9.64 Å². The van der Waals surface area contributed by atoms with Crippen molar-refractivity contribution in [3.8, 4) is 5.75 Å². The number of hydrogen-bond donors (Lipinski definition) is 0. The average Bonchev–Trinajstić information content (AvgIpc) is 3.00. The molecule has 8 heteroatoms. The Kier molecular flexibility index (Phi) is 6.85. The minimum absolute atomic E-state index is 0.0400. The third kappa shape index (κ3) is 4.75. The Bertz CT molecular complexity index is 1280. The van der Waals surface area contributed by atoms with E-state index in [-0.39, 0.29) is 17.7 Å². The van der Waals surface area contributed by atoms with E-state index in [1.54, 1.807) is 6.08 Å². The highest BCUT2D eigenvalue weighted by Gasteiger charge is 2.72. The van der Waals surface area contributed by atoms with Crippen LogP contribution in [0.2, 0.25) is 0 Å². The molecule has 1 amide bonds. The van der Waals surface area contributed by atoms with Gasteiger partial charge in [-0.2, -0.15) is 0 Å². The van der Waals surface area contributed by atoms with Crippen LogP contribution in [0.15, 0.2) is 60.7 Å². The van der Waals surface area contributed by atoms with Crippen LogP contribution in [0.4, 0.5) is 5.69 Å². The van der Waals surface area contributed by atoms with Gasteiger partial charge in [0, 0.05) is 62.1 Å². The molecule has 5 heterocycles. The molecule has 8 nitrogen and oxygen atoms in total. The third-order valence-corrected chi connectivity index (χ3v) is 10.0. The monoisotopic (exact) mass is 560 g/mol. The summed E-state index contributed by atoms with van der Waals surface area (Å²) < 4.78 is 19.2. The van der Waals surface area contributed by atoms with Crippen molar-refractivity contribution in [2.24, 2.45) is 23.7 Å². The highest BCUT2D eigenvalue weighted by molar-refractivity contribution is 5.92. The van der Waals surface area contributed by atoms with Gasteiger partial charge in [0.25, 0.3) is 0 Å². The summed E-state index contributed by atoms with van der Waals surface area (Å²) >= 11 is 0. The van der Waals surface area contributed by atoms with Crippen molar-refractivity contribution in [3.63, 3.8) is 0 Å². The molecule has 8 atom stereocenters. The SMILES string of the molecule is C[C@@H]1CCC2[C@@H](C)[C@@H](Oc3ccc(/C=C/C(=O)N4CCN(c5ccccc5)CC4)cc3)O[C@@H]3O[C@]4(C)CC1[C@@]23OO4. The second kappa shape index (κ2) is 10.4. The minimum atomic E-state index is -0.792. The van der Waals surface area contributed by atoms with Gasteiger partial charge in [0.15, 0.2) is 11.9 Å². The molecule has 218 valence electrons. The Labute approximate surface area is 242 Å². The zero-order chi connectivity index (χ0) is 28.2. The fourth-order valence-electron chi connectivity index (χ4n) is 7.71. The second-order valence-electron chi connectivity index (χ2n) is 12.6. The molecule has 41 heavy (non-hydrogen) atoms. The number of ether oxygens (including phenoxy) is 3. The van der Waals surface area contributed by atoms with Crippen LogP contribution in [-0.2, 0) is 24.0 Å². The van der Waals surface area contributed by atoms with Gasteiger partial charge >= 0.3 is 0 Å². The molecule has 2 unspecified atom stereocenters. The van der Waals surface area contributed by atoms with Crippen molar-refractivity contribution in [2.75, 3.05) is 31.1 Å². The van der Waals surface area contributed by atoms with Gasteiger partial charge in [-0.05, 0) is 61.6 Å². The third-order valence-electron chi connectivity index (χ3n) is 10.0. The number of hydrogen-bond acceptors (Lipinski definition) is 7. The van der Waals surface area contributed by atoms with Gasteiger partial charge in [0.05, 0.1) is 0 Å². The van der Waals surface area contributed by atoms with Gasteiger partial charge in [-0.15, -0.1) is 0 Å². The molecule has 0 aromatic heterocycles. The first kappa shape index (κ1) is 27.0. The van der Waals surface area contributed by atoms with Crippen LogP contribution in [-0.4, -0.2) is 61.0 Å². The Morgan fingerprint density at radius 1 is 0.951 bits per heavy atom. The molecule has 6 fully saturated rings. The van der Waals surface area contributed by atoms with Crippen molar-refractivity contribution < 1.29 is 28.8 Å². The Hall–Kier alpha value is -2.91. The summed E-state index contributed by atoms with van der Waals surface area (Å²) in [6.45, 7) is 9.53. The van der Waals surface area contributed by atoms with Crippen LogP contribution >= 0.6 is 0 Å². The number of piperazine rings is 1. The molecule has 6 aliphatic rings. The predicted molar refractivity (Wildman–Crippen MR) is 154 cm³/mol. The molecule has 8 rings (SSSR count). The van der Waals surface area contributed by atoms with Crippen LogP contribution in [0, 0.1) is 23.7 Å². The Morgan fingerprint density at radius 2 is 1.71 bits per heavy atom. The summed E-state index contributed by atoms with van der Waals surface area (Å²) in [7, 11) is 0. The lowest BCUT2D eigenvalue weighted by molar-refractivity contribution is -0.614. The number of fused-ring (bicyclic) bond motifs is 1. The molecule has 2 aromatic carbocycles. The molecular formula is C33H40N2O6. The van der Waals surface area contributed by atoms with Crippen LogP contribution in [0.25, 0.3) is 6.08 Å². The summed E-state index contributed by atoms with van der Waals surface area (Å²) in [6, 6.07) is 18.2. The van der Waals surface area contributed by atoms with E-state index in [4.69, 9.17) is 24.0 Å². The summed E-state index contributed by atoms with van der Waals surface area (Å²) in [6.07, 6.45) is 5.57. The van der Waals surface area contributed by atoms with E-state index in [1.807, 2.05) is 60.4 Å². The van der Waals surface area contributed by atoms with Crippen LogP contribution in [0.1, 0.15) is 45.6 Å². The molecule has 1 aliphatic carbocycles. The van der Waals surface area contributed by atoms with Gasteiger partial charge in [0.1, 0.15) is 5.75 Å². The average molecular weight is 561 g/mol. The van der Waals surface area contributed by atoms with Gasteiger partial charge in [-0.25, -0.2) is 9.78 Å². The zero-order valence-electron chi connectivity index (χ0n) is 24.1. The highest BCUT2D eigenvalue weighted by atomic mass is 17.3. The van der Waals surface area contributed by atoms with Crippen molar-refractivity contribution in [3.05, 3.63) is 66.2 Å². The minimum Gasteiger partial charge on any atom is -0.465 e. The standard InChI is InChI=1S/C33H40N2O6/c1-22-9-15-27-23(2)30(38-31-33(27)28(22)21-32(3,39-31)40-41-33)37-26-13-10-24(11-14-26)12-16-29(36)35-19-17-34(18-20-35)25-7-5-4-6-8-25/h4-8,10-14,16,22-23,27-28,30-31H,9,15,17-21H2,1-3H3/b16-12+/t22-,23-,27?,28?,30+,31-,32+,33+/m1/s1. The maximum Gasteiger partial charge on any atom is 0.246 e. The first-order chi connectivity index (χ1) is 19.8. The van der Waals surface area contributed by atoms with Gasteiger partial charge in [0.2, 0.25) is 18.0 Å². The molecule has 0 radical (unpaired) electrons. The van der Waals surface area contributed by atoms with Crippen molar-refractivity contribution in [1.29, 1.82) is 0 Å². The largest absolute Gasteiger partial charge is 0.465 e. The summed E-state index contributed by atoms with van der Waals surface area (Å²) in [4.78, 5) is 29.0. The predicted octanol–water partition coefficient (Wildman–Crippen LogP) is 5.25. The second-order valence-corrected chi connectivity index (χ2v) is 12.6. The van der Waals surface area contributed by atoms with E-state index in [1.165, 1.54) is 5.69 Å². The van der Waals surface area contributed by atoms with Gasteiger partial charge in [-0.1, -0.05) is 44.2 Å². The lowest BCUT2D eigenvalue weighted by Crippen LogP contribution is -2.76. The van der Waals surface area contributed by atoms with Crippen molar-refractivity contribution in [2.45, 2.75) is 64.0 Å². The molecule has 5 aliphatic heterocycles. The lowest BCUT2D eigenvalue weighted by Gasteiger charge is -2.66. The van der Waals surface area contributed by atoms with Crippen LogP contribution in [0.5, 0.6) is 5.75 Å². The van der Waals surface area contributed by atoms with Gasteiger partial charge in [-0.3, -0.25) is 4.79 Å². The number of benzene rings is 2. The fraction of sp³-hybridized carbons (Fsp3) is 0.545. The summed E-state index contributed by atoms with van der Waals surface area (Å²) in [5.41, 5.74) is 1.57. The number of amides is 1. The molecule has 0 N–H and O–H groups in total. The van der Waals surface area contributed by atoms with E-state index in [2.05, 4.69) is 30.9 Å². The maximum absolute atomic E-state index is 12.8. The van der Waals surface area contributed by atoms with Gasteiger partial charge < -0.3 is 24.0 Å². The maximum atomic E-state index is 12.8. The first-order valence-electron chi connectivity index (χ1n) is 15.1. The molecule has 2 bridgehead atoms. The number of rotatable bonds is 5. The van der Waals surface area contributed by atoms with E-state index in [9.17, 15) is 4.79 Å². The number of nitrogens with zero attached hydrogens (tertiary/aromatic N) is 2. The van der Waals surface area contributed by atoms with Crippen molar-refractivity contribution >= 4 is 17.7 Å². The quantitative estimate of drug-likeness (QED) is 0.366. The molecule has 2 aromatic rings. The normalized spacial score (nSPS) is 38.1. The lowest BCUT2D eigenvalue weighted by atomic mass is 9.56. The van der Waals surface area contributed by atoms with E-state index >= 15 is 0 Å². The summed E-state index contributed by atoms with van der Waals surface area (Å²) in [5, 5.41) is 0. The Morgan fingerprint density at radius 3 is 2.46 bits per heavy atom. The van der Waals surface area contributed by atoms with Crippen molar-refractivity contribution in [1.82, 2.24) is 4.90 Å². The summed E-state index contributed by atoms with van der Waals surface area (Å²) in [5.74, 6) is 1.17. The van der Waals surface area contributed by atoms with E-state index < -0.39 is 24.0 Å². The Balaban J connectivity index is 0.968. The molecule has 5 saturated heterocycles. The number of anilines is 1. The molecular weight excluding hydrogens is 520 g/mol. The number of para-hydroxylation sites is 1. The topological polar surface area (TPSA) is 69.7 Å². The number of carbonyl (C=O) groups excluding carboxylic acids is 1. The zero-order valence-corrected chi connectivity index (χ0v) is 24.1. The molecule has 1 spiro atoms. The smallest absolute Gasteiger partial charge is 0.246 e.